The van der Waals surface area contributed by atoms with Crippen LogP contribution in [0, 0.1) is 0 Å². The third-order valence-electron chi connectivity index (χ3n) is 4.74. The molecule has 0 bridgehead atoms. The van der Waals surface area contributed by atoms with Crippen LogP contribution in [-0.4, -0.2) is 15.4 Å². The largest absolute Gasteiger partial charge is 0.367 e. The molecule has 3 nitrogen and oxygen atoms in total. The zero-order chi connectivity index (χ0) is 16.2. The summed E-state index contributed by atoms with van der Waals surface area (Å²) in [6, 6.07) is 17.1. The normalized spacial score (nSPS) is 16.0. The van der Waals surface area contributed by atoms with E-state index in [-0.39, 0.29) is 0 Å². The first-order valence-electron chi connectivity index (χ1n) is 8.87. The van der Waals surface area contributed by atoms with Crippen LogP contribution in [0.15, 0.2) is 54.7 Å². The maximum atomic E-state index is 4.81. The van der Waals surface area contributed by atoms with Crippen LogP contribution in [0.3, 0.4) is 0 Å². The van der Waals surface area contributed by atoms with Crippen molar-refractivity contribution in [2.75, 3.05) is 5.32 Å². The zero-order valence-corrected chi connectivity index (χ0v) is 13.9. The van der Waals surface area contributed by atoms with Crippen molar-refractivity contribution in [2.45, 2.75) is 38.1 Å². The summed E-state index contributed by atoms with van der Waals surface area (Å²) in [5.41, 5.74) is 3.19. The maximum absolute atomic E-state index is 4.81. The molecule has 3 heteroatoms. The average Bonchev–Trinajstić information content (AvgIpc) is 2.99. The third-order valence-corrected chi connectivity index (χ3v) is 4.74. The van der Waals surface area contributed by atoms with Crippen molar-refractivity contribution in [3.8, 4) is 0 Å². The summed E-state index contributed by atoms with van der Waals surface area (Å²) >= 11 is 0. The van der Waals surface area contributed by atoms with Gasteiger partial charge in [0.2, 0.25) is 0 Å². The van der Waals surface area contributed by atoms with Gasteiger partial charge in [0.25, 0.3) is 0 Å². The molecular formula is C21H23N3. The number of nitrogens with one attached hydrogen (secondary N) is 1. The number of imidazole rings is 1. The topological polar surface area (TPSA) is 29.3 Å². The standard InChI is InChI=1S/C21H23N3/c1-3-9-17(10-4-1)14-15-19-21(22-18-11-5-2-6-12-18)24-16-8-7-13-20(24)23-19/h1,3-4,7-10,13-16,18,22H,2,5-6,11-12H2/b15-14+. The first kappa shape index (κ1) is 15.0. The monoisotopic (exact) mass is 317 g/mol. The van der Waals surface area contributed by atoms with Crippen LogP contribution >= 0.6 is 0 Å². The van der Waals surface area contributed by atoms with Crippen molar-refractivity contribution in [3.63, 3.8) is 0 Å². The highest BCUT2D eigenvalue weighted by molar-refractivity contribution is 5.76. The van der Waals surface area contributed by atoms with Crippen molar-refractivity contribution in [1.82, 2.24) is 9.38 Å². The smallest absolute Gasteiger partial charge is 0.139 e. The minimum Gasteiger partial charge on any atom is -0.367 e. The summed E-state index contributed by atoms with van der Waals surface area (Å²) in [6.45, 7) is 0. The molecule has 1 aliphatic carbocycles. The number of fused-ring (bicyclic) bond motifs is 1. The molecule has 0 spiro atoms. The number of anilines is 1. The van der Waals surface area contributed by atoms with Gasteiger partial charge in [0.15, 0.2) is 0 Å². The molecule has 1 fully saturated rings. The summed E-state index contributed by atoms with van der Waals surface area (Å²) < 4.78 is 2.17. The number of hydrogen-bond donors (Lipinski definition) is 1. The van der Waals surface area contributed by atoms with Crippen molar-refractivity contribution in [1.29, 1.82) is 0 Å². The Morgan fingerprint density at radius 2 is 1.71 bits per heavy atom. The summed E-state index contributed by atoms with van der Waals surface area (Å²) in [7, 11) is 0. The van der Waals surface area contributed by atoms with Gasteiger partial charge >= 0.3 is 0 Å². The van der Waals surface area contributed by atoms with Gasteiger partial charge in [0.1, 0.15) is 17.2 Å². The van der Waals surface area contributed by atoms with E-state index >= 15 is 0 Å². The lowest BCUT2D eigenvalue weighted by molar-refractivity contribution is 0.461. The van der Waals surface area contributed by atoms with Crippen LogP contribution < -0.4 is 5.32 Å². The molecule has 0 amide bonds. The highest BCUT2D eigenvalue weighted by atomic mass is 15.1. The molecule has 1 aliphatic rings. The van der Waals surface area contributed by atoms with E-state index in [0.717, 1.165) is 17.2 Å². The van der Waals surface area contributed by atoms with E-state index in [9.17, 15) is 0 Å². The van der Waals surface area contributed by atoms with Gasteiger partial charge in [0.05, 0.1) is 0 Å². The Balaban J connectivity index is 1.68. The van der Waals surface area contributed by atoms with Gasteiger partial charge in [-0.05, 0) is 36.6 Å². The van der Waals surface area contributed by atoms with Crippen LogP contribution in [0.2, 0.25) is 0 Å². The van der Waals surface area contributed by atoms with Crippen molar-refractivity contribution in [2.24, 2.45) is 0 Å². The Morgan fingerprint density at radius 3 is 2.54 bits per heavy atom. The van der Waals surface area contributed by atoms with Gasteiger partial charge in [0, 0.05) is 12.2 Å². The van der Waals surface area contributed by atoms with Gasteiger partial charge in [-0.3, -0.25) is 4.40 Å². The predicted octanol–water partition coefficient (Wildman–Crippen LogP) is 5.25. The van der Waals surface area contributed by atoms with Crippen LogP contribution in [0.5, 0.6) is 0 Å². The Labute approximate surface area is 143 Å². The average molecular weight is 317 g/mol. The Bertz CT molecular complexity index is 827. The molecule has 0 unspecified atom stereocenters. The van der Waals surface area contributed by atoms with Gasteiger partial charge in [-0.1, -0.05) is 61.7 Å². The van der Waals surface area contributed by atoms with Crippen molar-refractivity contribution >= 4 is 23.6 Å². The van der Waals surface area contributed by atoms with E-state index in [1.54, 1.807) is 0 Å². The van der Waals surface area contributed by atoms with Crippen LogP contribution in [0.1, 0.15) is 43.4 Å². The Kier molecular flexibility index (Phi) is 4.32. The van der Waals surface area contributed by atoms with Crippen molar-refractivity contribution < 1.29 is 0 Å². The van der Waals surface area contributed by atoms with Crippen LogP contribution in [0.4, 0.5) is 5.82 Å². The highest BCUT2D eigenvalue weighted by Gasteiger charge is 2.17. The number of benzene rings is 1. The second kappa shape index (κ2) is 6.91. The molecule has 122 valence electrons. The van der Waals surface area contributed by atoms with Gasteiger partial charge < -0.3 is 5.32 Å². The molecule has 0 saturated heterocycles. The minimum atomic E-state index is 0.558. The molecule has 24 heavy (non-hydrogen) atoms. The molecule has 1 N–H and O–H groups in total. The van der Waals surface area contributed by atoms with Gasteiger partial charge in [-0.2, -0.15) is 0 Å². The Morgan fingerprint density at radius 1 is 0.917 bits per heavy atom. The second-order valence-electron chi connectivity index (χ2n) is 6.50. The molecule has 2 aromatic heterocycles. The fraction of sp³-hybridized carbons (Fsp3) is 0.286. The second-order valence-corrected chi connectivity index (χ2v) is 6.50. The first-order chi connectivity index (χ1) is 11.9. The van der Waals surface area contributed by atoms with E-state index in [0.29, 0.717) is 6.04 Å². The minimum absolute atomic E-state index is 0.558. The predicted molar refractivity (Wildman–Crippen MR) is 101 cm³/mol. The molecular weight excluding hydrogens is 294 g/mol. The molecule has 0 atom stereocenters. The van der Waals surface area contributed by atoms with E-state index in [4.69, 9.17) is 4.98 Å². The fourth-order valence-electron chi connectivity index (χ4n) is 3.45. The highest BCUT2D eigenvalue weighted by Crippen LogP contribution is 2.26. The fourth-order valence-corrected chi connectivity index (χ4v) is 3.45. The lowest BCUT2D eigenvalue weighted by atomic mass is 9.95. The van der Waals surface area contributed by atoms with Crippen LogP contribution in [0.25, 0.3) is 17.8 Å². The number of aromatic nitrogens is 2. The molecule has 3 aromatic rings. The number of pyridine rings is 1. The van der Waals surface area contributed by atoms with E-state index in [1.165, 1.54) is 37.7 Å². The summed E-state index contributed by atoms with van der Waals surface area (Å²) in [6.07, 6.45) is 12.9. The lowest BCUT2D eigenvalue weighted by Crippen LogP contribution is -2.23. The Hall–Kier alpha value is -2.55. The summed E-state index contributed by atoms with van der Waals surface area (Å²) in [4.78, 5) is 4.81. The SMILES string of the molecule is C(=C\c1nc2ccccn2c1NC1CCCCC1)/c1ccccc1. The number of nitrogens with zero attached hydrogens (tertiary/aromatic N) is 2. The maximum Gasteiger partial charge on any atom is 0.139 e. The lowest BCUT2D eigenvalue weighted by Gasteiger charge is -2.23. The van der Waals surface area contributed by atoms with E-state index in [1.807, 2.05) is 12.1 Å². The zero-order valence-electron chi connectivity index (χ0n) is 13.9. The molecule has 1 aromatic carbocycles. The van der Waals surface area contributed by atoms with Gasteiger partial charge in [-0.25, -0.2) is 4.98 Å². The van der Waals surface area contributed by atoms with E-state index < -0.39 is 0 Å². The molecule has 1 saturated carbocycles. The number of rotatable bonds is 4. The van der Waals surface area contributed by atoms with Gasteiger partial charge in [-0.15, -0.1) is 0 Å². The molecule has 0 aliphatic heterocycles. The third kappa shape index (κ3) is 3.21. The molecule has 0 radical (unpaired) electrons. The molecule has 2 heterocycles. The number of hydrogen-bond acceptors (Lipinski definition) is 2. The molecule has 4 rings (SSSR count). The summed E-state index contributed by atoms with van der Waals surface area (Å²) in [5.74, 6) is 1.12. The van der Waals surface area contributed by atoms with E-state index in [2.05, 4.69) is 64.5 Å². The first-order valence-corrected chi connectivity index (χ1v) is 8.87. The van der Waals surface area contributed by atoms with Crippen molar-refractivity contribution in [3.05, 3.63) is 66.0 Å². The quantitative estimate of drug-likeness (QED) is 0.712. The summed E-state index contributed by atoms with van der Waals surface area (Å²) in [5, 5.41) is 3.76. The van der Waals surface area contributed by atoms with Crippen LogP contribution in [-0.2, 0) is 0 Å².